The Balaban J connectivity index is 1.86. The van der Waals surface area contributed by atoms with Crippen LogP contribution < -0.4 is 0 Å². The number of likely N-dealkylation sites (tertiary alicyclic amines) is 1. The van der Waals surface area contributed by atoms with Gasteiger partial charge in [0.05, 0.1) is 18.7 Å². The predicted octanol–water partition coefficient (Wildman–Crippen LogP) is -1.73. The van der Waals surface area contributed by atoms with E-state index < -0.39 is 5.60 Å². The highest BCUT2D eigenvalue weighted by Crippen LogP contribution is 2.19. The zero-order valence-electron chi connectivity index (χ0n) is 7.79. The summed E-state index contributed by atoms with van der Waals surface area (Å²) in [5, 5.41) is 19.8. The number of rotatable bonds is 2. The van der Waals surface area contributed by atoms with Gasteiger partial charge in [0.1, 0.15) is 12.9 Å². The average molecular weight is 197 g/mol. The van der Waals surface area contributed by atoms with Crippen LogP contribution in [0, 0.1) is 0 Å². The smallest absolute Gasteiger partial charge is 0.244 e. The number of aromatic nitrogens is 4. The molecule has 1 aliphatic heterocycles. The van der Waals surface area contributed by atoms with Crippen LogP contribution in [0.3, 0.4) is 0 Å². The fourth-order valence-corrected chi connectivity index (χ4v) is 1.44. The predicted molar refractivity (Wildman–Crippen MR) is 45.0 cm³/mol. The van der Waals surface area contributed by atoms with E-state index in [-0.39, 0.29) is 12.5 Å². The summed E-state index contributed by atoms with van der Waals surface area (Å²) in [6, 6.07) is 0. The maximum atomic E-state index is 11.5. The van der Waals surface area contributed by atoms with E-state index in [0.717, 1.165) is 0 Å². The number of β-amino-alcohol motifs (C(OH)–C–C–N with tert-alkyl or cyclic N) is 1. The molecular formula is C7H11N5O2. The van der Waals surface area contributed by atoms with Gasteiger partial charge in [-0.15, -0.1) is 5.10 Å². The Kier molecular flexibility index (Phi) is 1.95. The maximum Gasteiger partial charge on any atom is 0.244 e. The maximum absolute atomic E-state index is 11.5. The van der Waals surface area contributed by atoms with Crippen LogP contribution in [-0.2, 0) is 11.3 Å². The molecule has 0 saturated carbocycles. The van der Waals surface area contributed by atoms with E-state index in [9.17, 15) is 9.90 Å². The monoisotopic (exact) mass is 197 g/mol. The molecule has 1 aromatic heterocycles. The van der Waals surface area contributed by atoms with Gasteiger partial charge in [0.2, 0.25) is 5.91 Å². The quantitative estimate of drug-likeness (QED) is 0.608. The zero-order chi connectivity index (χ0) is 10.2. The molecule has 7 nitrogen and oxygen atoms in total. The van der Waals surface area contributed by atoms with Gasteiger partial charge in [0, 0.05) is 0 Å². The number of hydrogen-bond donors (Lipinski definition) is 1. The van der Waals surface area contributed by atoms with Crippen molar-refractivity contribution in [1.82, 2.24) is 25.1 Å². The van der Waals surface area contributed by atoms with Crippen molar-refractivity contribution in [2.24, 2.45) is 0 Å². The lowest BCUT2D eigenvalue weighted by molar-refractivity contribution is -0.153. The average Bonchev–Trinajstić information content (AvgIpc) is 2.52. The third-order valence-corrected chi connectivity index (χ3v) is 2.10. The summed E-state index contributed by atoms with van der Waals surface area (Å²) < 4.78 is 1.36. The first kappa shape index (κ1) is 9.07. The topological polar surface area (TPSA) is 84.1 Å². The van der Waals surface area contributed by atoms with Gasteiger partial charge >= 0.3 is 0 Å². The Hall–Kier alpha value is -1.50. The molecular weight excluding hydrogens is 186 g/mol. The molecule has 0 radical (unpaired) electrons. The fraction of sp³-hybridized carbons (Fsp3) is 0.714. The molecule has 1 saturated heterocycles. The zero-order valence-corrected chi connectivity index (χ0v) is 7.79. The molecule has 0 atom stereocenters. The third-order valence-electron chi connectivity index (χ3n) is 2.10. The van der Waals surface area contributed by atoms with Gasteiger partial charge in [-0.2, -0.15) is 0 Å². The number of nitrogens with zero attached hydrogens (tertiary/aromatic N) is 5. The summed E-state index contributed by atoms with van der Waals surface area (Å²) in [6.07, 6.45) is 1.38. The van der Waals surface area contributed by atoms with Gasteiger partial charge in [0.25, 0.3) is 0 Å². The molecule has 1 aromatic rings. The summed E-state index contributed by atoms with van der Waals surface area (Å²) in [5.41, 5.74) is -0.726. The highest BCUT2D eigenvalue weighted by molar-refractivity contribution is 5.77. The van der Waals surface area contributed by atoms with Crippen molar-refractivity contribution in [3.63, 3.8) is 0 Å². The van der Waals surface area contributed by atoms with Gasteiger partial charge in [-0.05, 0) is 17.4 Å². The summed E-state index contributed by atoms with van der Waals surface area (Å²) in [7, 11) is 0. The van der Waals surface area contributed by atoms with Crippen molar-refractivity contribution in [2.75, 3.05) is 13.1 Å². The number of carbonyl (C=O) groups excluding carboxylic acids is 1. The van der Waals surface area contributed by atoms with E-state index >= 15 is 0 Å². The molecule has 1 aliphatic rings. The summed E-state index contributed by atoms with van der Waals surface area (Å²) in [5.74, 6) is -0.0798. The fourth-order valence-electron chi connectivity index (χ4n) is 1.44. The Morgan fingerprint density at radius 3 is 2.86 bits per heavy atom. The first-order valence-electron chi connectivity index (χ1n) is 4.28. The van der Waals surface area contributed by atoms with Gasteiger partial charge in [0.15, 0.2) is 0 Å². The SMILES string of the molecule is CC1(O)CN(C(=O)Cn2cnnn2)C1. The minimum absolute atomic E-state index is 0.0798. The standard InChI is InChI=1S/C7H11N5O2/c1-7(14)3-11(4-7)6(13)2-12-5-8-9-10-12/h5,14H,2-4H2,1H3. The molecule has 14 heavy (non-hydrogen) atoms. The molecule has 7 heteroatoms. The lowest BCUT2D eigenvalue weighted by atomic mass is 9.97. The molecule has 0 unspecified atom stereocenters. The third kappa shape index (κ3) is 1.72. The van der Waals surface area contributed by atoms with Crippen molar-refractivity contribution in [3.05, 3.63) is 6.33 Å². The Morgan fingerprint density at radius 1 is 1.64 bits per heavy atom. The number of hydrogen-bond acceptors (Lipinski definition) is 5. The van der Waals surface area contributed by atoms with Gasteiger partial charge < -0.3 is 10.0 Å². The van der Waals surface area contributed by atoms with Crippen LogP contribution in [0.1, 0.15) is 6.92 Å². The Morgan fingerprint density at radius 2 is 2.36 bits per heavy atom. The van der Waals surface area contributed by atoms with Gasteiger partial charge in [-0.3, -0.25) is 4.79 Å². The van der Waals surface area contributed by atoms with Crippen LogP contribution in [0.5, 0.6) is 0 Å². The van der Waals surface area contributed by atoms with E-state index in [2.05, 4.69) is 15.5 Å². The van der Waals surface area contributed by atoms with Crippen molar-refractivity contribution in [1.29, 1.82) is 0 Å². The number of carbonyl (C=O) groups is 1. The second-order valence-corrected chi connectivity index (χ2v) is 3.75. The molecule has 2 heterocycles. The minimum Gasteiger partial charge on any atom is -0.386 e. The first-order chi connectivity index (χ1) is 6.57. The van der Waals surface area contributed by atoms with Crippen LogP contribution in [0.25, 0.3) is 0 Å². The highest BCUT2D eigenvalue weighted by Gasteiger charge is 2.39. The van der Waals surface area contributed by atoms with Crippen LogP contribution in [0.2, 0.25) is 0 Å². The second kappa shape index (κ2) is 3.02. The van der Waals surface area contributed by atoms with Crippen LogP contribution >= 0.6 is 0 Å². The van der Waals surface area contributed by atoms with E-state index in [0.29, 0.717) is 13.1 Å². The van der Waals surface area contributed by atoms with Crippen LogP contribution in [0.4, 0.5) is 0 Å². The van der Waals surface area contributed by atoms with Crippen molar-refractivity contribution < 1.29 is 9.90 Å². The molecule has 76 valence electrons. The van der Waals surface area contributed by atoms with Crippen LogP contribution in [-0.4, -0.2) is 54.8 Å². The largest absolute Gasteiger partial charge is 0.386 e. The minimum atomic E-state index is -0.726. The summed E-state index contributed by atoms with van der Waals surface area (Å²) >= 11 is 0. The molecule has 1 fully saturated rings. The molecule has 0 aliphatic carbocycles. The lowest BCUT2D eigenvalue weighted by Gasteiger charge is -2.44. The summed E-state index contributed by atoms with van der Waals surface area (Å²) in [4.78, 5) is 13.0. The number of amides is 1. The molecule has 0 aromatic carbocycles. The highest BCUT2D eigenvalue weighted by atomic mass is 16.3. The molecule has 1 amide bonds. The summed E-state index contributed by atoms with van der Waals surface area (Å²) in [6.45, 7) is 2.60. The molecule has 0 bridgehead atoms. The lowest BCUT2D eigenvalue weighted by Crippen LogP contribution is -2.62. The van der Waals surface area contributed by atoms with E-state index in [4.69, 9.17) is 0 Å². The van der Waals surface area contributed by atoms with Gasteiger partial charge in [-0.1, -0.05) is 0 Å². The Labute approximate surface area is 80.3 Å². The van der Waals surface area contributed by atoms with E-state index in [1.807, 2.05) is 0 Å². The second-order valence-electron chi connectivity index (χ2n) is 3.75. The van der Waals surface area contributed by atoms with Crippen molar-refractivity contribution in [3.8, 4) is 0 Å². The van der Waals surface area contributed by atoms with Crippen LogP contribution in [0.15, 0.2) is 6.33 Å². The van der Waals surface area contributed by atoms with Gasteiger partial charge in [-0.25, -0.2) is 4.68 Å². The van der Waals surface area contributed by atoms with Crippen molar-refractivity contribution in [2.45, 2.75) is 19.1 Å². The van der Waals surface area contributed by atoms with Crippen molar-refractivity contribution >= 4 is 5.91 Å². The Bertz CT molecular complexity index is 326. The number of aliphatic hydroxyl groups is 1. The molecule has 2 rings (SSSR count). The molecule has 1 N–H and O–H groups in total. The normalized spacial score (nSPS) is 19.1. The first-order valence-corrected chi connectivity index (χ1v) is 4.28. The molecule has 0 spiro atoms. The number of tetrazole rings is 1. The van der Waals surface area contributed by atoms with E-state index in [1.165, 1.54) is 11.0 Å². The van der Waals surface area contributed by atoms with E-state index in [1.54, 1.807) is 11.8 Å².